The molecule has 2 nitrogen and oxygen atoms in total. The number of nitrogens with one attached hydrogen (secondary N) is 1. The van der Waals surface area contributed by atoms with E-state index in [0.29, 0.717) is 6.04 Å². The maximum Gasteiger partial charge on any atom is 0.0485 e. The molecule has 2 heteroatoms. The Morgan fingerprint density at radius 3 is 2.19 bits per heavy atom. The third-order valence-electron chi connectivity index (χ3n) is 3.98. The van der Waals surface area contributed by atoms with Gasteiger partial charge in [-0.3, -0.25) is 4.90 Å². The van der Waals surface area contributed by atoms with E-state index in [4.69, 9.17) is 0 Å². The van der Waals surface area contributed by atoms with E-state index in [-0.39, 0.29) is 0 Å². The Balaban J connectivity index is 2.13. The van der Waals surface area contributed by atoms with Gasteiger partial charge in [0.05, 0.1) is 0 Å². The molecule has 0 heterocycles. The summed E-state index contributed by atoms with van der Waals surface area (Å²) < 4.78 is 0. The number of nitrogens with zero attached hydrogens (tertiary/aromatic N) is 1. The van der Waals surface area contributed by atoms with Crippen molar-refractivity contribution in [2.45, 2.75) is 33.4 Å². The number of para-hydroxylation sites is 1. The summed E-state index contributed by atoms with van der Waals surface area (Å²) in [5.74, 6) is 0. The van der Waals surface area contributed by atoms with Gasteiger partial charge in [0.2, 0.25) is 0 Å². The molecule has 0 aliphatic rings. The number of hydrogen-bond donors (Lipinski definition) is 1. The number of hydrogen-bond acceptors (Lipinski definition) is 2. The van der Waals surface area contributed by atoms with Crippen LogP contribution in [0.1, 0.15) is 37.9 Å². The van der Waals surface area contributed by atoms with Crippen LogP contribution in [0.15, 0.2) is 54.6 Å². The zero-order valence-corrected chi connectivity index (χ0v) is 13.3. The first-order valence-corrected chi connectivity index (χ1v) is 7.86. The van der Waals surface area contributed by atoms with Crippen LogP contribution in [0.5, 0.6) is 0 Å². The first-order valence-electron chi connectivity index (χ1n) is 7.86. The van der Waals surface area contributed by atoms with Gasteiger partial charge in [-0.1, -0.05) is 62.4 Å². The molecular weight excluding hydrogens is 256 g/mol. The van der Waals surface area contributed by atoms with Crippen LogP contribution in [0, 0.1) is 0 Å². The van der Waals surface area contributed by atoms with Crippen LogP contribution in [-0.4, -0.2) is 18.0 Å². The van der Waals surface area contributed by atoms with Gasteiger partial charge >= 0.3 is 0 Å². The van der Waals surface area contributed by atoms with Crippen molar-refractivity contribution < 1.29 is 0 Å². The maximum absolute atomic E-state index is 3.65. The molecule has 2 aromatic rings. The molecule has 0 aliphatic heterocycles. The highest BCUT2D eigenvalue weighted by molar-refractivity contribution is 5.52. The highest BCUT2D eigenvalue weighted by Crippen LogP contribution is 2.23. The normalized spacial score (nSPS) is 12.4. The molecular formula is C19H26N2. The van der Waals surface area contributed by atoms with Crippen molar-refractivity contribution in [3.63, 3.8) is 0 Å². The predicted molar refractivity (Wildman–Crippen MR) is 91.5 cm³/mol. The highest BCUT2D eigenvalue weighted by Gasteiger charge is 2.09. The Kier molecular flexibility index (Phi) is 5.82. The monoisotopic (exact) mass is 282 g/mol. The van der Waals surface area contributed by atoms with Crippen LogP contribution in [0.3, 0.4) is 0 Å². The maximum atomic E-state index is 3.65. The summed E-state index contributed by atoms with van der Waals surface area (Å²) in [6, 6.07) is 19.5. The number of anilines is 1. The first kappa shape index (κ1) is 15.6. The molecule has 1 N–H and O–H groups in total. The van der Waals surface area contributed by atoms with Gasteiger partial charge in [-0.25, -0.2) is 0 Å². The summed E-state index contributed by atoms with van der Waals surface area (Å²) in [6.45, 7) is 9.80. The molecule has 1 unspecified atom stereocenters. The van der Waals surface area contributed by atoms with Crippen LogP contribution in [0.4, 0.5) is 5.69 Å². The van der Waals surface area contributed by atoms with E-state index in [9.17, 15) is 0 Å². The first-order chi connectivity index (χ1) is 10.2. The Morgan fingerprint density at radius 1 is 0.905 bits per heavy atom. The summed E-state index contributed by atoms with van der Waals surface area (Å²) in [5, 5.41) is 3.65. The zero-order chi connectivity index (χ0) is 15.1. The Morgan fingerprint density at radius 2 is 1.52 bits per heavy atom. The van der Waals surface area contributed by atoms with Crippen LogP contribution < -0.4 is 5.32 Å². The van der Waals surface area contributed by atoms with Crippen molar-refractivity contribution in [2.75, 3.05) is 18.4 Å². The van der Waals surface area contributed by atoms with Crippen LogP contribution >= 0.6 is 0 Å². The lowest BCUT2D eigenvalue weighted by Gasteiger charge is -2.23. The molecule has 1 atom stereocenters. The lowest BCUT2D eigenvalue weighted by atomic mass is 10.1. The lowest BCUT2D eigenvalue weighted by molar-refractivity contribution is 0.296. The van der Waals surface area contributed by atoms with Crippen molar-refractivity contribution in [3.8, 4) is 0 Å². The fraction of sp³-hybridized carbons (Fsp3) is 0.368. The predicted octanol–water partition coefficient (Wildman–Crippen LogP) is 4.70. The third-order valence-corrected chi connectivity index (χ3v) is 3.98. The van der Waals surface area contributed by atoms with Crippen molar-refractivity contribution in [2.24, 2.45) is 0 Å². The van der Waals surface area contributed by atoms with E-state index < -0.39 is 0 Å². The minimum atomic E-state index is 0.309. The molecule has 0 aliphatic carbocycles. The minimum absolute atomic E-state index is 0.309. The largest absolute Gasteiger partial charge is 0.378 e. The van der Waals surface area contributed by atoms with Gasteiger partial charge in [0.1, 0.15) is 0 Å². The molecule has 0 saturated carbocycles. The fourth-order valence-corrected chi connectivity index (χ4v) is 2.55. The van der Waals surface area contributed by atoms with E-state index in [1.807, 2.05) is 0 Å². The van der Waals surface area contributed by atoms with Gasteiger partial charge in [-0.15, -0.1) is 0 Å². The fourth-order valence-electron chi connectivity index (χ4n) is 2.55. The molecule has 0 aromatic heterocycles. The van der Waals surface area contributed by atoms with Gasteiger partial charge in [0, 0.05) is 18.3 Å². The molecule has 0 amide bonds. The van der Waals surface area contributed by atoms with Gasteiger partial charge < -0.3 is 5.32 Å². The van der Waals surface area contributed by atoms with E-state index in [1.165, 1.54) is 16.8 Å². The third kappa shape index (κ3) is 4.33. The van der Waals surface area contributed by atoms with Crippen molar-refractivity contribution >= 4 is 5.69 Å². The SMILES string of the molecule is CCN(CC)Cc1ccccc1NC(C)c1ccccc1. The van der Waals surface area contributed by atoms with E-state index in [2.05, 4.69) is 85.6 Å². The molecule has 2 aromatic carbocycles. The van der Waals surface area contributed by atoms with Crippen LogP contribution in [-0.2, 0) is 6.54 Å². The van der Waals surface area contributed by atoms with Gasteiger partial charge in [0.25, 0.3) is 0 Å². The standard InChI is InChI=1S/C19H26N2/c1-4-21(5-2)15-18-13-9-10-14-19(18)20-16(3)17-11-7-6-8-12-17/h6-14,16,20H,4-5,15H2,1-3H3. The Hall–Kier alpha value is -1.80. The summed E-state index contributed by atoms with van der Waals surface area (Å²) in [4.78, 5) is 2.44. The zero-order valence-electron chi connectivity index (χ0n) is 13.3. The summed E-state index contributed by atoms with van der Waals surface area (Å²) in [6.07, 6.45) is 0. The Labute approximate surface area is 128 Å². The molecule has 0 radical (unpaired) electrons. The second kappa shape index (κ2) is 7.84. The summed E-state index contributed by atoms with van der Waals surface area (Å²) in [5.41, 5.74) is 3.92. The molecule has 2 rings (SSSR count). The van der Waals surface area contributed by atoms with Crippen molar-refractivity contribution in [3.05, 3.63) is 65.7 Å². The van der Waals surface area contributed by atoms with E-state index in [1.54, 1.807) is 0 Å². The summed E-state index contributed by atoms with van der Waals surface area (Å²) in [7, 11) is 0. The van der Waals surface area contributed by atoms with Gasteiger partial charge in [0.15, 0.2) is 0 Å². The van der Waals surface area contributed by atoms with E-state index in [0.717, 1.165) is 19.6 Å². The van der Waals surface area contributed by atoms with Gasteiger partial charge in [-0.05, 0) is 37.2 Å². The number of benzene rings is 2. The molecule has 0 spiro atoms. The van der Waals surface area contributed by atoms with Crippen molar-refractivity contribution in [1.29, 1.82) is 0 Å². The van der Waals surface area contributed by atoms with Gasteiger partial charge in [-0.2, -0.15) is 0 Å². The topological polar surface area (TPSA) is 15.3 Å². The molecule has 21 heavy (non-hydrogen) atoms. The molecule has 112 valence electrons. The smallest absolute Gasteiger partial charge is 0.0485 e. The second-order valence-electron chi connectivity index (χ2n) is 5.40. The van der Waals surface area contributed by atoms with E-state index >= 15 is 0 Å². The van der Waals surface area contributed by atoms with Crippen molar-refractivity contribution in [1.82, 2.24) is 4.90 Å². The minimum Gasteiger partial charge on any atom is -0.378 e. The quantitative estimate of drug-likeness (QED) is 0.791. The lowest BCUT2D eigenvalue weighted by Crippen LogP contribution is -2.23. The Bertz CT molecular complexity index is 532. The molecule has 0 bridgehead atoms. The average molecular weight is 282 g/mol. The van der Waals surface area contributed by atoms with Crippen LogP contribution in [0.2, 0.25) is 0 Å². The average Bonchev–Trinajstić information content (AvgIpc) is 2.54. The molecule has 0 saturated heterocycles. The summed E-state index contributed by atoms with van der Waals surface area (Å²) >= 11 is 0. The number of rotatable bonds is 7. The van der Waals surface area contributed by atoms with Crippen LogP contribution in [0.25, 0.3) is 0 Å². The molecule has 0 fully saturated rings. The highest BCUT2D eigenvalue weighted by atomic mass is 15.1. The second-order valence-corrected chi connectivity index (χ2v) is 5.40.